The predicted molar refractivity (Wildman–Crippen MR) is 176 cm³/mol. The number of imidazole rings is 2. The van der Waals surface area contributed by atoms with Crippen LogP contribution < -0.4 is 20.3 Å². The van der Waals surface area contributed by atoms with Gasteiger partial charge in [0.1, 0.15) is 34.3 Å². The number of sulfonamides is 1. The lowest BCUT2D eigenvalue weighted by Gasteiger charge is -2.19. The van der Waals surface area contributed by atoms with E-state index in [1.54, 1.807) is 67.1 Å². The molecule has 6 rings (SSSR count). The molecule has 0 spiro atoms. The number of nitrogens with zero attached hydrogens (tertiary/aromatic N) is 8. The minimum atomic E-state index is -3.33. The van der Waals surface area contributed by atoms with Crippen LogP contribution in [0.25, 0.3) is 22.1 Å². The number of fused-ring (bicyclic) bond motifs is 2. The normalized spacial score (nSPS) is 11.5. The van der Waals surface area contributed by atoms with Gasteiger partial charge in [0, 0.05) is 53.4 Å². The molecule has 0 aliphatic heterocycles. The molecular formula is C31H34F2N10O2S. The molecule has 0 aliphatic carbocycles. The molecule has 0 atom stereocenters. The summed E-state index contributed by atoms with van der Waals surface area (Å²) < 4.78 is 57.0. The van der Waals surface area contributed by atoms with E-state index in [1.165, 1.54) is 12.1 Å². The zero-order valence-electron chi connectivity index (χ0n) is 26.0. The van der Waals surface area contributed by atoms with Crippen molar-refractivity contribution in [1.82, 2.24) is 33.8 Å². The summed E-state index contributed by atoms with van der Waals surface area (Å²) in [6, 6.07) is 13.3. The van der Waals surface area contributed by atoms with Crippen LogP contribution in [0.1, 0.15) is 11.1 Å². The van der Waals surface area contributed by atoms with E-state index in [0.717, 1.165) is 33.9 Å². The maximum Gasteiger partial charge on any atom is 0.209 e. The largest absolute Gasteiger partial charge is 0.334 e. The summed E-state index contributed by atoms with van der Waals surface area (Å²) in [5, 5.41) is 0. The number of nitrogens with one attached hydrogen (secondary N) is 1. The second-order valence-corrected chi connectivity index (χ2v) is 12.6. The van der Waals surface area contributed by atoms with Crippen LogP contribution in [0.15, 0.2) is 73.6 Å². The van der Waals surface area contributed by atoms with E-state index in [0.29, 0.717) is 35.1 Å². The standard InChI is InChI=1S/C16H18FN5O2S.C15H16FN5/c1-21-10-19-13-9-18-16(7-15(13)21)22(2)14-5-4-11(6-12(14)17)8-20-25(3,23)24;1-20-9-19-12-8-18-15(6-14(12)20)21(2)13-4-3-10(7-17)5-11(13)16/h4-7,9-10,20H,8H2,1-3H3;3-6,8-9H,7,17H2,1-2H3. The summed E-state index contributed by atoms with van der Waals surface area (Å²) in [6.45, 7) is 0.360. The zero-order valence-corrected chi connectivity index (χ0v) is 26.8. The maximum absolute atomic E-state index is 14.5. The van der Waals surface area contributed by atoms with Crippen molar-refractivity contribution in [2.45, 2.75) is 13.1 Å². The van der Waals surface area contributed by atoms with Gasteiger partial charge in [-0.25, -0.2) is 41.9 Å². The zero-order chi connectivity index (χ0) is 33.2. The van der Waals surface area contributed by atoms with Crippen LogP contribution in [0.5, 0.6) is 0 Å². The van der Waals surface area contributed by atoms with Crippen LogP contribution in [0.4, 0.5) is 31.8 Å². The highest BCUT2D eigenvalue weighted by Gasteiger charge is 2.15. The number of rotatable bonds is 8. The van der Waals surface area contributed by atoms with Gasteiger partial charge in [0.25, 0.3) is 0 Å². The van der Waals surface area contributed by atoms with Crippen LogP contribution in [-0.4, -0.2) is 57.8 Å². The van der Waals surface area contributed by atoms with Gasteiger partial charge in [0.05, 0.1) is 53.7 Å². The Labute approximate surface area is 265 Å². The molecular weight excluding hydrogens is 614 g/mol. The number of halogens is 2. The van der Waals surface area contributed by atoms with Gasteiger partial charge >= 0.3 is 0 Å². The SMILES string of the molecule is CN(c1cc2c(cn1)ncn2C)c1ccc(CN)cc1F.CN(c1cc2c(cn1)ncn2C)c1ccc(CNS(C)(=O)=O)cc1F. The smallest absolute Gasteiger partial charge is 0.209 e. The van der Waals surface area contributed by atoms with E-state index < -0.39 is 15.8 Å². The van der Waals surface area contributed by atoms with Gasteiger partial charge in [-0.2, -0.15) is 0 Å². The molecule has 4 aromatic heterocycles. The van der Waals surface area contributed by atoms with Gasteiger partial charge in [-0.05, 0) is 35.4 Å². The predicted octanol–water partition coefficient (Wildman–Crippen LogP) is 4.26. The van der Waals surface area contributed by atoms with Crippen molar-refractivity contribution >= 4 is 55.1 Å². The Kier molecular flexibility index (Phi) is 9.27. The number of nitrogens with two attached hydrogens (primary N) is 1. The Morgan fingerprint density at radius 1 is 0.761 bits per heavy atom. The summed E-state index contributed by atoms with van der Waals surface area (Å²) in [4.78, 5) is 20.4. The highest BCUT2D eigenvalue weighted by molar-refractivity contribution is 7.88. The minimum absolute atomic E-state index is 0.0407. The first-order valence-electron chi connectivity index (χ1n) is 14.1. The molecule has 0 fully saturated rings. The number of hydrogen-bond donors (Lipinski definition) is 2. The van der Waals surface area contributed by atoms with Crippen molar-refractivity contribution in [1.29, 1.82) is 0 Å². The van der Waals surface area contributed by atoms with Crippen molar-refractivity contribution in [3.63, 3.8) is 0 Å². The van der Waals surface area contributed by atoms with Crippen LogP contribution in [0, 0.1) is 11.6 Å². The fourth-order valence-electron chi connectivity index (χ4n) is 4.75. The van der Waals surface area contributed by atoms with E-state index in [2.05, 4.69) is 24.7 Å². The van der Waals surface area contributed by atoms with Crippen LogP contribution in [0.2, 0.25) is 0 Å². The lowest BCUT2D eigenvalue weighted by atomic mass is 10.2. The number of anilines is 4. The second-order valence-electron chi connectivity index (χ2n) is 10.8. The van der Waals surface area contributed by atoms with Crippen molar-refractivity contribution in [3.8, 4) is 0 Å². The molecule has 0 saturated carbocycles. The molecule has 0 aliphatic rings. The third kappa shape index (κ3) is 7.11. The fourth-order valence-corrected chi connectivity index (χ4v) is 5.18. The molecule has 0 saturated heterocycles. The second kappa shape index (κ2) is 13.2. The maximum atomic E-state index is 14.5. The summed E-state index contributed by atoms with van der Waals surface area (Å²) in [7, 11) is 3.97. The first-order valence-corrected chi connectivity index (χ1v) is 16.0. The third-order valence-corrected chi connectivity index (χ3v) is 8.07. The van der Waals surface area contributed by atoms with Crippen molar-refractivity contribution in [2.75, 3.05) is 30.2 Å². The van der Waals surface area contributed by atoms with E-state index in [9.17, 15) is 17.2 Å². The van der Waals surface area contributed by atoms with Gasteiger partial charge < -0.3 is 24.7 Å². The molecule has 0 radical (unpaired) electrons. The first-order chi connectivity index (χ1) is 21.8. The van der Waals surface area contributed by atoms with Crippen molar-refractivity contribution < 1.29 is 17.2 Å². The van der Waals surface area contributed by atoms with Crippen LogP contribution in [0.3, 0.4) is 0 Å². The summed E-state index contributed by atoms with van der Waals surface area (Å²) in [5.41, 5.74) is 11.0. The highest BCUT2D eigenvalue weighted by atomic mass is 32.2. The summed E-state index contributed by atoms with van der Waals surface area (Å²) in [6.07, 6.45) is 7.82. The number of benzene rings is 2. The molecule has 4 heterocycles. The monoisotopic (exact) mass is 648 g/mol. The average molecular weight is 649 g/mol. The molecule has 2 aromatic carbocycles. The van der Waals surface area contributed by atoms with E-state index >= 15 is 0 Å². The van der Waals surface area contributed by atoms with Gasteiger partial charge in [-0.3, -0.25) is 0 Å². The van der Waals surface area contributed by atoms with E-state index in [4.69, 9.17) is 5.73 Å². The Bertz CT molecular complexity index is 2130. The molecule has 15 heteroatoms. The molecule has 0 amide bonds. The summed E-state index contributed by atoms with van der Waals surface area (Å²) >= 11 is 0. The molecule has 0 bridgehead atoms. The van der Waals surface area contributed by atoms with Gasteiger partial charge in [0.15, 0.2) is 0 Å². The first kappa shape index (κ1) is 32.4. The Morgan fingerprint density at radius 2 is 1.22 bits per heavy atom. The van der Waals surface area contributed by atoms with Crippen LogP contribution in [-0.2, 0) is 37.2 Å². The molecule has 3 N–H and O–H groups in total. The Morgan fingerprint density at radius 3 is 1.65 bits per heavy atom. The lowest BCUT2D eigenvalue weighted by Crippen LogP contribution is -2.21. The van der Waals surface area contributed by atoms with Gasteiger partial charge in [0.2, 0.25) is 10.0 Å². The van der Waals surface area contributed by atoms with Crippen molar-refractivity contribution in [2.24, 2.45) is 19.8 Å². The van der Waals surface area contributed by atoms with Crippen LogP contribution >= 0.6 is 0 Å². The topological polar surface area (TPSA) is 140 Å². The minimum Gasteiger partial charge on any atom is -0.334 e. The molecule has 0 unspecified atom stereocenters. The Balaban J connectivity index is 0.000000184. The van der Waals surface area contributed by atoms with E-state index in [1.807, 2.05) is 41.4 Å². The third-order valence-electron chi connectivity index (χ3n) is 7.40. The lowest BCUT2D eigenvalue weighted by molar-refractivity contribution is 0.586. The van der Waals surface area contributed by atoms with Gasteiger partial charge in [-0.1, -0.05) is 12.1 Å². The molecule has 12 nitrogen and oxygen atoms in total. The molecule has 6 aromatic rings. The fraction of sp³-hybridized carbons (Fsp3) is 0.226. The van der Waals surface area contributed by atoms with Gasteiger partial charge in [-0.15, -0.1) is 0 Å². The number of hydrogen-bond acceptors (Lipinski definition) is 9. The molecule has 46 heavy (non-hydrogen) atoms. The average Bonchev–Trinajstić information content (AvgIpc) is 3.60. The summed E-state index contributed by atoms with van der Waals surface area (Å²) in [5.74, 6) is 0.470. The molecule has 240 valence electrons. The number of pyridine rings is 2. The highest BCUT2D eigenvalue weighted by Crippen LogP contribution is 2.28. The number of aryl methyl sites for hydroxylation is 2. The Hall–Kier alpha value is -4.99. The number of aromatic nitrogens is 6. The van der Waals surface area contributed by atoms with E-state index in [-0.39, 0.29) is 12.4 Å². The quantitative estimate of drug-likeness (QED) is 0.248. The van der Waals surface area contributed by atoms with Crippen molar-refractivity contribution in [3.05, 3.63) is 96.3 Å².